The third kappa shape index (κ3) is 1.21. The summed E-state index contributed by atoms with van der Waals surface area (Å²) < 4.78 is 0. The lowest BCUT2D eigenvalue weighted by Crippen LogP contribution is -2.28. The van der Waals surface area contributed by atoms with Crippen molar-refractivity contribution in [1.82, 2.24) is 0 Å². The number of rotatable bonds is 0. The monoisotopic (exact) mass is 236 g/mol. The first-order valence-electron chi connectivity index (χ1n) is 6.97. The minimum absolute atomic E-state index is 0. The van der Waals surface area contributed by atoms with Crippen molar-refractivity contribution < 1.29 is 1.43 Å². The van der Waals surface area contributed by atoms with Crippen LogP contribution in [-0.2, 0) is 11.8 Å². The minimum atomic E-state index is 0. The molecule has 2 aromatic carbocycles. The number of fused-ring (bicyclic) bond motifs is 1. The predicted molar refractivity (Wildman–Crippen MR) is 77.1 cm³/mol. The van der Waals surface area contributed by atoms with E-state index >= 15 is 0 Å². The van der Waals surface area contributed by atoms with Crippen LogP contribution in [0, 0.1) is 0 Å². The van der Waals surface area contributed by atoms with Crippen LogP contribution in [0.5, 0.6) is 0 Å². The SMILES string of the molecule is C[C@]12CC[C@H](Cc3ccccc31)c1ccccc12.[HH]. The molecule has 92 valence electrons. The maximum Gasteiger partial charge on any atom is 0.0180 e. The van der Waals surface area contributed by atoms with E-state index in [1.54, 1.807) is 22.3 Å². The van der Waals surface area contributed by atoms with Gasteiger partial charge < -0.3 is 0 Å². The zero-order valence-electron chi connectivity index (χ0n) is 10.8. The topological polar surface area (TPSA) is 0 Å². The molecule has 3 aliphatic carbocycles. The molecule has 0 N–H and O–H groups in total. The molecule has 2 aromatic rings. The van der Waals surface area contributed by atoms with E-state index in [1.165, 1.54) is 19.3 Å². The van der Waals surface area contributed by atoms with Crippen LogP contribution in [0.1, 0.15) is 49.4 Å². The molecule has 0 radical (unpaired) electrons. The molecule has 2 bridgehead atoms. The lowest BCUT2D eigenvalue weighted by Gasteiger charge is -2.37. The van der Waals surface area contributed by atoms with E-state index in [-0.39, 0.29) is 6.84 Å². The van der Waals surface area contributed by atoms with Gasteiger partial charge in [-0.05, 0) is 47.4 Å². The normalized spacial score (nSPS) is 28.4. The molecule has 0 heteroatoms. The Morgan fingerprint density at radius 1 is 1.00 bits per heavy atom. The van der Waals surface area contributed by atoms with Gasteiger partial charge in [-0.3, -0.25) is 0 Å². The maximum atomic E-state index is 2.44. The molecule has 18 heavy (non-hydrogen) atoms. The van der Waals surface area contributed by atoms with Gasteiger partial charge in [-0.25, -0.2) is 0 Å². The average molecular weight is 236 g/mol. The van der Waals surface area contributed by atoms with Crippen molar-refractivity contribution in [3.63, 3.8) is 0 Å². The largest absolute Gasteiger partial charge is 0.0620 e. The number of hydrogen-bond acceptors (Lipinski definition) is 0. The summed E-state index contributed by atoms with van der Waals surface area (Å²) >= 11 is 0. The van der Waals surface area contributed by atoms with Gasteiger partial charge in [-0.2, -0.15) is 0 Å². The van der Waals surface area contributed by atoms with Crippen molar-refractivity contribution in [3.8, 4) is 0 Å². The lowest BCUT2D eigenvalue weighted by atomic mass is 9.67. The fourth-order valence-corrected chi connectivity index (χ4v) is 4.10. The third-order valence-electron chi connectivity index (χ3n) is 5.07. The first-order chi connectivity index (χ1) is 8.79. The Labute approximate surface area is 110 Å². The summed E-state index contributed by atoms with van der Waals surface area (Å²) in [5.74, 6) is 0.734. The highest BCUT2D eigenvalue weighted by molar-refractivity contribution is 5.52. The molecular weight excluding hydrogens is 216 g/mol. The van der Waals surface area contributed by atoms with Crippen LogP contribution in [-0.4, -0.2) is 0 Å². The van der Waals surface area contributed by atoms with Crippen LogP contribution in [0.3, 0.4) is 0 Å². The Bertz CT molecular complexity index is 617. The van der Waals surface area contributed by atoms with Gasteiger partial charge >= 0.3 is 0 Å². The Hall–Kier alpha value is -1.56. The van der Waals surface area contributed by atoms with Crippen molar-refractivity contribution in [1.29, 1.82) is 0 Å². The first kappa shape index (κ1) is 10.4. The van der Waals surface area contributed by atoms with Gasteiger partial charge in [0.1, 0.15) is 0 Å². The van der Waals surface area contributed by atoms with Crippen molar-refractivity contribution in [3.05, 3.63) is 70.8 Å². The van der Waals surface area contributed by atoms with Crippen LogP contribution >= 0.6 is 0 Å². The molecular formula is C18H20. The summed E-state index contributed by atoms with van der Waals surface area (Å²) in [4.78, 5) is 0. The summed E-state index contributed by atoms with van der Waals surface area (Å²) in [6, 6.07) is 18.2. The van der Waals surface area contributed by atoms with Crippen molar-refractivity contribution in [2.75, 3.05) is 0 Å². The van der Waals surface area contributed by atoms with E-state index in [9.17, 15) is 0 Å². The third-order valence-corrected chi connectivity index (χ3v) is 5.07. The van der Waals surface area contributed by atoms with E-state index in [4.69, 9.17) is 0 Å². The second-order valence-corrected chi connectivity index (χ2v) is 6.02. The molecule has 0 aliphatic heterocycles. The van der Waals surface area contributed by atoms with Crippen LogP contribution < -0.4 is 0 Å². The van der Waals surface area contributed by atoms with E-state index in [2.05, 4.69) is 55.5 Å². The predicted octanol–water partition coefficient (Wildman–Crippen LogP) is 4.67. The van der Waals surface area contributed by atoms with Gasteiger partial charge in [0.05, 0.1) is 0 Å². The molecule has 0 spiro atoms. The average Bonchev–Trinajstić information content (AvgIpc) is 2.63. The number of benzene rings is 2. The van der Waals surface area contributed by atoms with Gasteiger partial charge in [0.25, 0.3) is 0 Å². The molecule has 0 fully saturated rings. The second-order valence-electron chi connectivity index (χ2n) is 6.02. The molecule has 3 aliphatic rings. The van der Waals surface area contributed by atoms with Crippen molar-refractivity contribution >= 4 is 0 Å². The highest BCUT2D eigenvalue weighted by atomic mass is 14.4. The van der Waals surface area contributed by atoms with E-state index in [1.807, 2.05) is 0 Å². The van der Waals surface area contributed by atoms with Gasteiger partial charge in [-0.1, -0.05) is 55.5 Å². The smallest absolute Gasteiger partial charge is 0.0180 e. The van der Waals surface area contributed by atoms with Crippen LogP contribution in [0.2, 0.25) is 0 Å². The Kier molecular flexibility index (Phi) is 2.00. The van der Waals surface area contributed by atoms with Gasteiger partial charge in [0.15, 0.2) is 0 Å². The maximum absolute atomic E-state index is 2.44. The van der Waals surface area contributed by atoms with Gasteiger partial charge in [0, 0.05) is 6.84 Å². The summed E-state index contributed by atoms with van der Waals surface area (Å²) in [5.41, 5.74) is 6.55. The summed E-state index contributed by atoms with van der Waals surface area (Å²) in [6.45, 7) is 2.44. The van der Waals surface area contributed by atoms with Gasteiger partial charge in [-0.15, -0.1) is 0 Å². The Morgan fingerprint density at radius 3 is 2.61 bits per heavy atom. The molecule has 0 saturated carbocycles. The van der Waals surface area contributed by atoms with Crippen molar-refractivity contribution in [2.24, 2.45) is 0 Å². The summed E-state index contributed by atoms with van der Waals surface area (Å²) in [5, 5.41) is 0. The highest BCUT2D eigenvalue weighted by Crippen LogP contribution is 2.51. The summed E-state index contributed by atoms with van der Waals surface area (Å²) in [6.07, 6.45) is 3.86. The fourth-order valence-electron chi connectivity index (χ4n) is 4.10. The lowest BCUT2D eigenvalue weighted by molar-refractivity contribution is 0.440. The quantitative estimate of drug-likeness (QED) is 0.623. The molecule has 0 nitrogen and oxygen atoms in total. The second kappa shape index (κ2) is 3.47. The number of hydrogen-bond donors (Lipinski definition) is 0. The van der Waals surface area contributed by atoms with Crippen LogP contribution in [0.15, 0.2) is 48.5 Å². The van der Waals surface area contributed by atoms with E-state index in [0.717, 1.165) is 5.92 Å². The molecule has 0 heterocycles. The van der Waals surface area contributed by atoms with E-state index < -0.39 is 0 Å². The molecule has 0 amide bonds. The fraction of sp³-hybridized carbons (Fsp3) is 0.333. The molecule has 0 saturated heterocycles. The zero-order valence-corrected chi connectivity index (χ0v) is 10.8. The van der Waals surface area contributed by atoms with Gasteiger partial charge in [0.2, 0.25) is 0 Å². The Morgan fingerprint density at radius 2 is 1.72 bits per heavy atom. The Balaban J connectivity index is 0.00000110. The zero-order chi connectivity index (χ0) is 12.2. The molecule has 2 atom stereocenters. The first-order valence-corrected chi connectivity index (χ1v) is 6.97. The highest BCUT2D eigenvalue weighted by Gasteiger charge is 2.41. The molecule has 0 aromatic heterocycles. The van der Waals surface area contributed by atoms with Crippen molar-refractivity contribution in [2.45, 2.75) is 37.5 Å². The standard InChI is InChI=1S/C18H18.H2/c1-18-11-10-13(15-7-3-5-9-17(15)18)12-14-6-2-4-8-16(14)18;/h2-9,13H,10-12H2,1H3;1H/t13-,18+;/m1./s1. The molecule has 5 rings (SSSR count). The van der Waals surface area contributed by atoms with Crippen LogP contribution in [0.4, 0.5) is 0 Å². The summed E-state index contributed by atoms with van der Waals surface area (Å²) in [7, 11) is 0. The molecule has 0 unspecified atom stereocenters. The van der Waals surface area contributed by atoms with Crippen LogP contribution in [0.25, 0.3) is 0 Å². The minimum Gasteiger partial charge on any atom is -0.0620 e. The van der Waals surface area contributed by atoms with E-state index in [0.29, 0.717) is 0 Å².